The Kier molecular flexibility index (Phi) is 4.54. The molecule has 0 aromatic heterocycles. The molecular weight excluding hydrogens is 318 g/mol. The van der Waals surface area contributed by atoms with E-state index in [1.54, 1.807) is 30.3 Å². The summed E-state index contributed by atoms with van der Waals surface area (Å²) in [7, 11) is -3.62. The van der Waals surface area contributed by atoms with Gasteiger partial charge in [-0.3, -0.25) is 4.72 Å². The highest BCUT2D eigenvalue weighted by Gasteiger charge is 2.18. The summed E-state index contributed by atoms with van der Waals surface area (Å²) in [5, 5.41) is 0.492. The molecule has 0 saturated heterocycles. The van der Waals surface area contributed by atoms with Gasteiger partial charge in [-0.05, 0) is 47.7 Å². The van der Waals surface area contributed by atoms with Gasteiger partial charge in [0.1, 0.15) is 0 Å². The predicted molar refractivity (Wildman–Crippen MR) is 92.1 cm³/mol. The van der Waals surface area contributed by atoms with Crippen LogP contribution in [0.2, 0.25) is 5.02 Å². The monoisotopic (exact) mass is 337 g/mol. The van der Waals surface area contributed by atoms with E-state index in [0.717, 1.165) is 11.1 Å². The Bertz CT molecular complexity index is 775. The van der Waals surface area contributed by atoms with E-state index in [1.165, 1.54) is 0 Å². The van der Waals surface area contributed by atoms with Crippen LogP contribution < -0.4 is 4.72 Å². The number of sulfonamides is 1. The van der Waals surface area contributed by atoms with Crippen LogP contribution in [0.25, 0.3) is 0 Å². The summed E-state index contributed by atoms with van der Waals surface area (Å²) in [6.45, 7) is 8.09. The van der Waals surface area contributed by atoms with Crippen molar-refractivity contribution in [1.29, 1.82) is 0 Å². The molecule has 0 amide bonds. The second-order valence-electron chi connectivity index (χ2n) is 6.34. The SMILES string of the molecule is Cc1ccc(Cl)cc1NS(=O)(=O)c1ccc(C(C)(C)C)cc1. The number of hydrogen-bond donors (Lipinski definition) is 1. The van der Waals surface area contributed by atoms with Crippen molar-refractivity contribution in [3.63, 3.8) is 0 Å². The molecule has 3 nitrogen and oxygen atoms in total. The number of halogens is 1. The zero-order chi connectivity index (χ0) is 16.5. The summed E-state index contributed by atoms with van der Waals surface area (Å²) in [6, 6.07) is 12.1. The van der Waals surface area contributed by atoms with Gasteiger partial charge in [0.15, 0.2) is 0 Å². The highest BCUT2D eigenvalue weighted by molar-refractivity contribution is 7.92. The first-order chi connectivity index (χ1) is 10.1. The van der Waals surface area contributed by atoms with Crippen LogP contribution in [0.5, 0.6) is 0 Å². The maximum absolute atomic E-state index is 12.5. The maximum Gasteiger partial charge on any atom is 0.261 e. The summed E-state index contributed by atoms with van der Waals surface area (Å²) < 4.78 is 27.5. The van der Waals surface area contributed by atoms with Crippen molar-refractivity contribution in [2.45, 2.75) is 38.0 Å². The first kappa shape index (κ1) is 16.8. The number of nitrogens with one attached hydrogen (secondary N) is 1. The zero-order valence-electron chi connectivity index (χ0n) is 13.1. The average molecular weight is 338 g/mol. The molecule has 5 heteroatoms. The second kappa shape index (κ2) is 5.94. The zero-order valence-corrected chi connectivity index (χ0v) is 14.7. The van der Waals surface area contributed by atoms with Gasteiger partial charge in [-0.2, -0.15) is 0 Å². The molecular formula is C17H20ClNO2S. The fraction of sp³-hybridized carbons (Fsp3) is 0.294. The number of aryl methyl sites for hydroxylation is 1. The minimum absolute atomic E-state index is 0.0146. The van der Waals surface area contributed by atoms with Gasteiger partial charge in [-0.15, -0.1) is 0 Å². The van der Waals surface area contributed by atoms with Gasteiger partial charge < -0.3 is 0 Å². The summed E-state index contributed by atoms with van der Waals surface area (Å²) >= 11 is 5.93. The van der Waals surface area contributed by atoms with Crippen molar-refractivity contribution in [2.24, 2.45) is 0 Å². The number of rotatable bonds is 3. The lowest BCUT2D eigenvalue weighted by Crippen LogP contribution is -2.15. The molecule has 2 rings (SSSR count). The molecule has 2 aromatic carbocycles. The van der Waals surface area contributed by atoms with E-state index in [-0.39, 0.29) is 10.3 Å². The van der Waals surface area contributed by atoms with Crippen molar-refractivity contribution < 1.29 is 8.42 Å². The Hall–Kier alpha value is -1.52. The van der Waals surface area contributed by atoms with Crippen molar-refractivity contribution in [2.75, 3.05) is 4.72 Å². The fourth-order valence-electron chi connectivity index (χ4n) is 2.04. The molecule has 0 atom stereocenters. The molecule has 0 fully saturated rings. The lowest BCUT2D eigenvalue weighted by Gasteiger charge is -2.19. The van der Waals surface area contributed by atoms with Gasteiger partial charge >= 0.3 is 0 Å². The van der Waals surface area contributed by atoms with E-state index in [9.17, 15) is 8.42 Å². The van der Waals surface area contributed by atoms with Gasteiger partial charge in [0, 0.05) is 5.02 Å². The third-order valence-electron chi connectivity index (χ3n) is 3.47. The molecule has 0 aliphatic heterocycles. The Labute approximate surface area is 137 Å². The van der Waals surface area contributed by atoms with Crippen molar-refractivity contribution in [3.05, 3.63) is 58.6 Å². The van der Waals surface area contributed by atoms with Gasteiger partial charge in [0.2, 0.25) is 0 Å². The second-order valence-corrected chi connectivity index (χ2v) is 8.46. The lowest BCUT2D eigenvalue weighted by atomic mass is 9.87. The summed E-state index contributed by atoms with van der Waals surface area (Å²) in [6.07, 6.45) is 0. The molecule has 1 N–H and O–H groups in total. The molecule has 0 heterocycles. The van der Waals surface area contributed by atoms with Crippen molar-refractivity contribution >= 4 is 27.3 Å². The quantitative estimate of drug-likeness (QED) is 0.878. The van der Waals surface area contributed by atoms with E-state index < -0.39 is 10.0 Å². The largest absolute Gasteiger partial charge is 0.279 e. The van der Waals surface area contributed by atoms with Crippen LogP contribution in [0, 0.1) is 6.92 Å². The standard InChI is InChI=1S/C17H20ClNO2S/c1-12-5-8-14(18)11-16(12)19-22(20,21)15-9-6-13(7-10-15)17(2,3)4/h5-11,19H,1-4H3. The van der Waals surface area contributed by atoms with Crippen molar-refractivity contribution in [3.8, 4) is 0 Å². The van der Waals surface area contributed by atoms with Gasteiger partial charge in [-0.25, -0.2) is 8.42 Å². The van der Waals surface area contributed by atoms with E-state index in [0.29, 0.717) is 10.7 Å². The Balaban J connectivity index is 2.33. The van der Waals surface area contributed by atoms with Crippen LogP contribution in [0.1, 0.15) is 31.9 Å². The Morgan fingerprint density at radius 1 is 1.00 bits per heavy atom. The number of hydrogen-bond acceptors (Lipinski definition) is 2. The summed E-state index contributed by atoms with van der Waals surface area (Å²) in [5.74, 6) is 0. The van der Waals surface area contributed by atoms with Crippen molar-refractivity contribution in [1.82, 2.24) is 0 Å². The smallest absolute Gasteiger partial charge is 0.261 e. The lowest BCUT2D eigenvalue weighted by molar-refractivity contribution is 0.587. The normalized spacial score (nSPS) is 12.2. The molecule has 0 aliphatic carbocycles. The third kappa shape index (κ3) is 3.81. The van der Waals surface area contributed by atoms with Crippen LogP contribution >= 0.6 is 11.6 Å². The molecule has 0 spiro atoms. The summed E-state index contributed by atoms with van der Waals surface area (Å²) in [4.78, 5) is 0.236. The van der Waals surface area contributed by atoms with Crippen LogP contribution in [0.3, 0.4) is 0 Å². The molecule has 0 unspecified atom stereocenters. The van der Waals surface area contributed by atoms with Gasteiger partial charge in [0.25, 0.3) is 10.0 Å². The molecule has 2 aromatic rings. The Morgan fingerprint density at radius 2 is 1.59 bits per heavy atom. The molecule has 0 saturated carbocycles. The van der Waals surface area contributed by atoms with Crippen LogP contribution in [-0.4, -0.2) is 8.42 Å². The van der Waals surface area contributed by atoms with E-state index in [1.807, 2.05) is 19.1 Å². The average Bonchev–Trinajstić information content (AvgIpc) is 2.42. The minimum atomic E-state index is -3.62. The van der Waals surface area contributed by atoms with E-state index in [4.69, 9.17) is 11.6 Å². The molecule has 22 heavy (non-hydrogen) atoms. The third-order valence-corrected chi connectivity index (χ3v) is 5.09. The topological polar surface area (TPSA) is 46.2 Å². The first-order valence-electron chi connectivity index (χ1n) is 6.99. The highest BCUT2D eigenvalue weighted by atomic mass is 35.5. The number of benzene rings is 2. The van der Waals surface area contributed by atoms with E-state index >= 15 is 0 Å². The van der Waals surface area contributed by atoms with Gasteiger partial charge in [0.05, 0.1) is 10.6 Å². The summed E-state index contributed by atoms with van der Waals surface area (Å²) in [5.41, 5.74) is 2.39. The number of anilines is 1. The van der Waals surface area contributed by atoms with Crippen LogP contribution in [0.4, 0.5) is 5.69 Å². The van der Waals surface area contributed by atoms with Crippen LogP contribution in [-0.2, 0) is 15.4 Å². The van der Waals surface area contributed by atoms with E-state index in [2.05, 4.69) is 25.5 Å². The predicted octanol–water partition coefficient (Wildman–Crippen LogP) is 4.75. The minimum Gasteiger partial charge on any atom is -0.279 e. The first-order valence-corrected chi connectivity index (χ1v) is 8.85. The Morgan fingerprint density at radius 3 is 2.14 bits per heavy atom. The van der Waals surface area contributed by atoms with Gasteiger partial charge in [-0.1, -0.05) is 50.6 Å². The molecule has 0 aliphatic rings. The fourth-order valence-corrected chi connectivity index (χ4v) is 3.34. The highest BCUT2D eigenvalue weighted by Crippen LogP contribution is 2.26. The maximum atomic E-state index is 12.5. The molecule has 118 valence electrons. The molecule has 0 radical (unpaired) electrons. The van der Waals surface area contributed by atoms with Crippen LogP contribution in [0.15, 0.2) is 47.4 Å². The molecule has 0 bridgehead atoms.